The minimum absolute atomic E-state index is 0.190. The Bertz CT molecular complexity index is 844. The van der Waals surface area contributed by atoms with Crippen molar-refractivity contribution in [2.45, 2.75) is 13.1 Å². The molecule has 132 valence electrons. The molecule has 2 N–H and O–H groups in total. The van der Waals surface area contributed by atoms with Gasteiger partial charge in [-0.15, -0.1) is 0 Å². The van der Waals surface area contributed by atoms with Gasteiger partial charge < -0.3 is 10.6 Å². The number of aromatic nitrogens is 3. The van der Waals surface area contributed by atoms with Gasteiger partial charge in [0.05, 0.1) is 6.54 Å². The van der Waals surface area contributed by atoms with E-state index in [2.05, 4.69) is 26.8 Å². The van der Waals surface area contributed by atoms with E-state index in [1.54, 1.807) is 11.0 Å². The van der Waals surface area contributed by atoms with E-state index in [1.165, 1.54) is 6.33 Å². The summed E-state index contributed by atoms with van der Waals surface area (Å²) >= 11 is 0. The van der Waals surface area contributed by atoms with E-state index in [0.29, 0.717) is 19.6 Å². The third kappa shape index (κ3) is 5.59. The lowest BCUT2D eigenvalue weighted by Crippen LogP contribution is -2.35. The summed E-state index contributed by atoms with van der Waals surface area (Å²) < 4.78 is 1.76. The molecule has 0 aliphatic carbocycles. The van der Waals surface area contributed by atoms with Crippen LogP contribution >= 0.6 is 0 Å². The van der Waals surface area contributed by atoms with Crippen molar-refractivity contribution in [3.05, 3.63) is 90.0 Å². The van der Waals surface area contributed by atoms with Gasteiger partial charge in [0, 0.05) is 13.1 Å². The zero-order valence-corrected chi connectivity index (χ0v) is 14.4. The highest BCUT2D eigenvalue weighted by Gasteiger charge is 2.01. The number of rotatable bonds is 7. The standard InChI is InChI=1S/C20H21N5O/c26-20(22-11-5-10-17-6-2-1-3-7-17)23-13-18-8-4-9-19(12-18)14-25-16-21-15-24-25/h1-10,12,15-16H,11,13-14H2,(H2,22,23,26)/b10-5+. The van der Waals surface area contributed by atoms with Crippen LogP contribution in [0.1, 0.15) is 16.7 Å². The van der Waals surface area contributed by atoms with Crippen LogP contribution in [0.15, 0.2) is 73.3 Å². The molecule has 0 atom stereocenters. The van der Waals surface area contributed by atoms with Crippen molar-refractivity contribution in [3.8, 4) is 0 Å². The maximum atomic E-state index is 11.9. The first-order valence-electron chi connectivity index (χ1n) is 8.43. The fourth-order valence-corrected chi connectivity index (χ4v) is 2.50. The van der Waals surface area contributed by atoms with Crippen LogP contribution in [0.25, 0.3) is 6.08 Å². The molecule has 2 aromatic carbocycles. The van der Waals surface area contributed by atoms with E-state index >= 15 is 0 Å². The largest absolute Gasteiger partial charge is 0.335 e. The van der Waals surface area contributed by atoms with Gasteiger partial charge in [-0.1, -0.05) is 66.7 Å². The molecule has 0 spiro atoms. The molecular weight excluding hydrogens is 326 g/mol. The Hall–Kier alpha value is -3.41. The average molecular weight is 347 g/mol. The van der Waals surface area contributed by atoms with Crippen LogP contribution in [-0.2, 0) is 13.1 Å². The van der Waals surface area contributed by atoms with E-state index in [9.17, 15) is 4.79 Å². The molecule has 0 saturated heterocycles. The number of benzene rings is 2. The van der Waals surface area contributed by atoms with E-state index in [-0.39, 0.29) is 6.03 Å². The molecule has 3 rings (SSSR count). The van der Waals surface area contributed by atoms with E-state index in [0.717, 1.165) is 16.7 Å². The van der Waals surface area contributed by atoms with Gasteiger partial charge in [-0.05, 0) is 16.7 Å². The number of amides is 2. The topological polar surface area (TPSA) is 71.8 Å². The van der Waals surface area contributed by atoms with Crippen LogP contribution in [0.5, 0.6) is 0 Å². The van der Waals surface area contributed by atoms with Crippen LogP contribution in [0.4, 0.5) is 4.79 Å². The number of nitrogens with zero attached hydrogens (tertiary/aromatic N) is 3. The van der Waals surface area contributed by atoms with Crippen molar-refractivity contribution in [2.75, 3.05) is 6.54 Å². The number of hydrogen-bond acceptors (Lipinski definition) is 3. The lowest BCUT2D eigenvalue weighted by Gasteiger charge is -2.08. The Morgan fingerprint density at radius 3 is 2.69 bits per heavy atom. The number of nitrogens with one attached hydrogen (secondary N) is 2. The van der Waals surface area contributed by atoms with E-state index in [4.69, 9.17) is 0 Å². The molecule has 0 aliphatic heterocycles. The Morgan fingerprint density at radius 1 is 1.04 bits per heavy atom. The van der Waals surface area contributed by atoms with Gasteiger partial charge >= 0.3 is 6.03 Å². The second kappa shape index (κ2) is 9.17. The van der Waals surface area contributed by atoms with Crippen LogP contribution in [-0.4, -0.2) is 27.3 Å². The Labute approximate surface area is 152 Å². The lowest BCUT2D eigenvalue weighted by atomic mass is 10.1. The average Bonchev–Trinajstić information content (AvgIpc) is 3.18. The SMILES string of the molecule is O=C(NC/C=C/c1ccccc1)NCc1cccc(Cn2cncn2)c1. The van der Waals surface area contributed by atoms with E-state index < -0.39 is 0 Å². The summed E-state index contributed by atoms with van der Waals surface area (Å²) in [6, 6.07) is 17.8. The van der Waals surface area contributed by atoms with Gasteiger partial charge in [0.1, 0.15) is 12.7 Å². The van der Waals surface area contributed by atoms with Crippen LogP contribution in [0.3, 0.4) is 0 Å². The highest BCUT2D eigenvalue weighted by molar-refractivity contribution is 5.74. The van der Waals surface area contributed by atoms with Gasteiger partial charge in [-0.25, -0.2) is 14.5 Å². The maximum Gasteiger partial charge on any atom is 0.315 e. The smallest absolute Gasteiger partial charge is 0.315 e. The fraction of sp³-hybridized carbons (Fsp3) is 0.150. The van der Waals surface area contributed by atoms with Crippen molar-refractivity contribution in [1.82, 2.24) is 25.4 Å². The van der Waals surface area contributed by atoms with E-state index in [1.807, 2.05) is 60.7 Å². The molecule has 1 heterocycles. The van der Waals surface area contributed by atoms with Crippen LogP contribution in [0.2, 0.25) is 0 Å². The second-order valence-electron chi connectivity index (χ2n) is 5.79. The normalized spacial score (nSPS) is 10.8. The molecule has 6 nitrogen and oxygen atoms in total. The minimum Gasteiger partial charge on any atom is -0.335 e. The van der Waals surface area contributed by atoms with Gasteiger partial charge in [-0.3, -0.25) is 0 Å². The third-order valence-corrected chi connectivity index (χ3v) is 3.75. The highest BCUT2D eigenvalue weighted by Crippen LogP contribution is 2.06. The molecule has 0 bridgehead atoms. The summed E-state index contributed by atoms with van der Waals surface area (Å²) in [6.07, 6.45) is 7.10. The Kier molecular flexibility index (Phi) is 6.14. The van der Waals surface area contributed by atoms with Crippen molar-refractivity contribution in [2.24, 2.45) is 0 Å². The molecule has 0 unspecified atom stereocenters. The summed E-state index contributed by atoms with van der Waals surface area (Å²) in [5, 5.41) is 9.78. The Morgan fingerprint density at radius 2 is 1.88 bits per heavy atom. The first-order chi connectivity index (χ1) is 12.8. The molecular formula is C20H21N5O. The van der Waals surface area contributed by atoms with Crippen molar-refractivity contribution >= 4 is 12.1 Å². The zero-order valence-electron chi connectivity index (χ0n) is 14.4. The number of carbonyl (C=O) groups is 1. The number of urea groups is 1. The first kappa shape index (κ1) is 17.4. The van der Waals surface area contributed by atoms with Gasteiger partial charge in [0.2, 0.25) is 0 Å². The summed E-state index contributed by atoms with van der Waals surface area (Å²) in [7, 11) is 0. The fourth-order valence-electron chi connectivity index (χ4n) is 2.50. The quantitative estimate of drug-likeness (QED) is 0.690. The molecule has 3 aromatic rings. The van der Waals surface area contributed by atoms with Crippen LogP contribution in [0, 0.1) is 0 Å². The predicted molar refractivity (Wildman–Crippen MR) is 101 cm³/mol. The first-order valence-corrected chi connectivity index (χ1v) is 8.43. The second-order valence-corrected chi connectivity index (χ2v) is 5.79. The summed E-state index contributed by atoms with van der Waals surface area (Å²) in [6.45, 7) is 1.61. The van der Waals surface area contributed by atoms with Crippen LogP contribution < -0.4 is 10.6 Å². The molecule has 0 fully saturated rings. The predicted octanol–water partition coefficient (Wildman–Crippen LogP) is 2.84. The zero-order chi connectivity index (χ0) is 18.0. The van der Waals surface area contributed by atoms with Crippen molar-refractivity contribution in [3.63, 3.8) is 0 Å². The summed E-state index contributed by atoms with van der Waals surface area (Å²) in [5.41, 5.74) is 3.26. The van der Waals surface area contributed by atoms with Gasteiger partial charge in [-0.2, -0.15) is 5.10 Å². The molecule has 6 heteroatoms. The third-order valence-electron chi connectivity index (χ3n) is 3.75. The van der Waals surface area contributed by atoms with Crippen molar-refractivity contribution < 1.29 is 4.79 Å². The molecule has 1 aromatic heterocycles. The summed E-state index contributed by atoms with van der Waals surface area (Å²) in [5.74, 6) is 0. The van der Waals surface area contributed by atoms with Gasteiger partial charge in [0.15, 0.2) is 0 Å². The molecule has 2 amide bonds. The highest BCUT2D eigenvalue weighted by atomic mass is 16.2. The Balaban J connectivity index is 1.42. The molecule has 0 saturated carbocycles. The van der Waals surface area contributed by atoms with Crippen molar-refractivity contribution in [1.29, 1.82) is 0 Å². The summed E-state index contributed by atoms with van der Waals surface area (Å²) in [4.78, 5) is 15.8. The molecule has 0 aliphatic rings. The van der Waals surface area contributed by atoms with Gasteiger partial charge in [0.25, 0.3) is 0 Å². The minimum atomic E-state index is -0.190. The lowest BCUT2D eigenvalue weighted by molar-refractivity contribution is 0.241. The molecule has 26 heavy (non-hydrogen) atoms. The number of hydrogen-bond donors (Lipinski definition) is 2. The maximum absolute atomic E-state index is 11.9. The monoisotopic (exact) mass is 347 g/mol. The molecule has 0 radical (unpaired) electrons. The number of carbonyl (C=O) groups excluding carboxylic acids is 1.